The Balaban J connectivity index is 1.56. The fourth-order valence-electron chi connectivity index (χ4n) is 4.89. The smallest absolute Gasteiger partial charge is 0.295 e. The minimum absolute atomic E-state index is 0.00212. The standard InChI is InChI=1S/C27H27N3O6/c1-16-12-19-13-18(5-7-21(19)36-16)25(32)23-24(17-4-6-20(31)22(14-17)35-2)30(27(34)26(23)33)10-3-9-29-11-8-28-15-29/h4-8,11,13-16,24,31-32H,3,9-10,12H2,1-2H3/b25-23+/t16-,24+/m0/s1. The van der Waals surface area contributed by atoms with Gasteiger partial charge in [-0.3, -0.25) is 9.59 Å². The molecule has 0 bridgehead atoms. The highest BCUT2D eigenvalue weighted by Gasteiger charge is 2.46. The molecule has 5 rings (SSSR count). The number of amides is 1. The van der Waals surface area contributed by atoms with E-state index in [1.54, 1.807) is 42.9 Å². The van der Waals surface area contributed by atoms with Crippen LogP contribution in [0.15, 0.2) is 60.7 Å². The first-order valence-electron chi connectivity index (χ1n) is 11.8. The van der Waals surface area contributed by atoms with Crippen LogP contribution in [0.25, 0.3) is 5.76 Å². The third-order valence-corrected chi connectivity index (χ3v) is 6.60. The lowest BCUT2D eigenvalue weighted by Crippen LogP contribution is -2.31. The predicted octanol–water partition coefficient (Wildman–Crippen LogP) is 3.43. The van der Waals surface area contributed by atoms with Crippen LogP contribution in [0.5, 0.6) is 17.2 Å². The van der Waals surface area contributed by atoms with Crippen molar-refractivity contribution in [1.29, 1.82) is 0 Å². The van der Waals surface area contributed by atoms with E-state index in [-0.39, 0.29) is 35.5 Å². The molecule has 186 valence electrons. The zero-order valence-electron chi connectivity index (χ0n) is 20.0. The largest absolute Gasteiger partial charge is 0.507 e. The van der Waals surface area contributed by atoms with E-state index >= 15 is 0 Å². The number of aliphatic hydroxyl groups excluding tert-OH is 1. The summed E-state index contributed by atoms with van der Waals surface area (Å²) >= 11 is 0. The topological polar surface area (TPSA) is 114 Å². The number of phenolic OH excluding ortho intramolecular Hbond substituents is 1. The van der Waals surface area contributed by atoms with E-state index in [2.05, 4.69) is 4.98 Å². The van der Waals surface area contributed by atoms with E-state index in [9.17, 15) is 19.8 Å². The molecule has 0 unspecified atom stereocenters. The molecule has 3 aromatic rings. The summed E-state index contributed by atoms with van der Waals surface area (Å²) in [4.78, 5) is 32.0. The number of aryl methyl sites for hydroxylation is 1. The number of fused-ring (bicyclic) bond motifs is 1. The molecule has 9 nitrogen and oxygen atoms in total. The number of phenols is 1. The Morgan fingerprint density at radius 2 is 2.03 bits per heavy atom. The van der Waals surface area contributed by atoms with Crippen LogP contribution in [0.1, 0.15) is 36.1 Å². The summed E-state index contributed by atoms with van der Waals surface area (Å²) < 4.78 is 12.9. The Bertz CT molecular complexity index is 1350. The molecule has 3 heterocycles. The van der Waals surface area contributed by atoms with E-state index in [1.165, 1.54) is 18.1 Å². The predicted molar refractivity (Wildman–Crippen MR) is 131 cm³/mol. The lowest BCUT2D eigenvalue weighted by molar-refractivity contribution is -0.139. The van der Waals surface area contributed by atoms with Gasteiger partial charge in [-0.05, 0) is 54.8 Å². The number of carbonyl (C=O) groups excluding carboxylic acids is 2. The maximum absolute atomic E-state index is 13.3. The summed E-state index contributed by atoms with van der Waals surface area (Å²) in [7, 11) is 1.43. The Morgan fingerprint density at radius 3 is 2.78 bits per heavy atom. The van der Waals surface area contributed by atoms with Crippen molar-refractivity contribution < 1.29 is 29.3 Å². The molecule has 1 fully saturated rings. The molecular formula is C27H27N3O6. The summed E-state index contributed by atoms with van der Waals surface area (Å²) in [6.07, 6.45) is 6.49. The number of carbonyl (C=O) groups is 2. The van der Waals surface area contributed by atoms with E-state index < -0.39 is 17.7 Å². The number of benzene rings is 2. The summed E-state index contributed by atoms with van der Waals surface area (Å²) in [5.74, 6) is -0.787. The van der Waals surface area contributed by atoms with E-state index in [0.29, 0.717) is 30.5 Å². The lowest BCUT2D eigenvalue weighted by atomic mass is 9.94. The number of likely N-dealkylation sites (tertiary alicyclic amines) is 1. The zero-order valence-corrected chi connectivity index (χ0v) is 20.0. The average molecular weight is 490 g/mol. The number of aromatic nitrogens is 2. The molecule has 0 radical (unpaired) electrons. The van der Waals surface area contributed by atoms with Gasteiger partial charge >= 0.3 is 0 Å². The van der Waals surface area contributed by atoms with Gasteiger partial charge in [0.1, 0.15) is 17.6 Å². The normalized spacial score (nSPS) is 20.4. The van der Waals surface area contributed by atoms with Gasteiger partial charge in [0.15, 0.2) is 11.5 Å². The maximum atomic E-state index is 13.3. The van der Waals surface area contributed by atoms with Gasteiger partial charge in [0.25, 0.3) is 11.7 Å². The second-order valence-electron chi connectivity index (χ2n) is 9.03. The summed E-state index contributed by atoms with van der Waals surface area (Å²) in [6.45, 7) is 2.85. The number of methoxy groups -OCH3 is 1. The van der Waals surface area contributed by atoms with Gasteiger partial charge in [0.2, 0.25) is 0 Å². The fraction of sp³-hybridized carbons (Fsp3) is 0.296. The average Bonchev–Trinajstić information content (AvgIpc) is 3.58. The number of ether oxygens (including phenoxy) is 2. The molecule has 9 heteroatoms. The number of ketones is 1. The number of hydrogen-bond acceptors (Lipinski definition) is 7. The molecule has 2 aliphatic rings. The SMILES string of the molecule is COc1cc([C@@H]2/C(=C(\O)c3ccc4c(c3)C[C@H](C)O4)C(=O)C(=O)N2CCCn2ccnc2)ccc1O. The Hall–Kier alpha value is -4.27. The van der Waals surface area contributed by atoms with Crippen LogP contribution in [0.2, 0.25) is 0 Å². The van der Waals surface area contributed by atoms with Crippen molar-refractivity contribution >= 4 is 17.4 Å². The van der Waals surface area contributed by atoms with Crippen molar-refractivity contribution in [2.24, 2.45) is 0 Å². The number of nitrogens with zero attached hydrogens (tertiary/aromatic N) is 3. The van der Waals surface area contributed by atoms with Gasteiger partial charge in [-0.1, -0.05) is 6.07 Å². The highest BCUT2D eigenvalue weighted by Crippen LogP contribution is 2.42. The minimum atomic E-state index is -0.842. The minimum Gasteiger partial charge on any atom is -0.507 e. The fourth-order valence-corrected chi connectivity index (χ4v) is 4.89. The first kappa shape index (κ1) is 23.5. The molecule has 1 aromatic heterocycles. The number of aromatic hydroxyl groups is 1. The van der Waals surface area contributed by atoms with Crippen molar-refractivity contribution in [3.8, 4) is 17.2 Å². The quantitative estimate of drug-likeness (QED) is 0.297. The molecule has 0 spiro atoms. The van der Waals surface area contributed by atoms with Crippen molar-refractivity contribution in [3.63, 3.8) is 0 Å². The number of imidazole rings is 1. The van der Waals surface area contributed by atoms with Gasteiger partial charge in [0.05, 0.1) is 25.1 Å². The summed E-state index contributed by atoms with van der Waals surface area (Å²) in [5.41, 5.74) is 1.93. The molecule has 1 amide bonds. The molecule has 2 aromatic carbocycles. The number of aliphatic hydroxyl groups is 1. The monoisotopic (exact) mass is 489 g/mol. The Kier molecular flexibility index (Phi) is 6.13. The zero-order chi connectivity index (χ0) is 25.4. The Morgan fingerprint density at radius 1 is 1.19 bits per heavy atom. The third kappa shape index (κ3) is 4.17. The van der Waals surface area contributed by atoms with Crippen LogP contribution in [0.4, 0.5) is 0 Å². The van der Waals surface area contributed by atoms with Crippen LogP contribution in [0, 0.1) is 0 Å². The molecule has 36 heavy (non-hydrogen) atoms. The van der Waals surface area contributed by atoms with Crippen LogP contribution < -0.4 is 9.47 Å². The van der Waals surface area contributed by atoms with E-state index in [0.717, 1.165) is 11.3 Å². The van der Waals surface area contributed by atoms with Gasteiger partial charge in [0, 0.05) is 37.5 Å². The highest BCUT2D eigenvalue weighted by molar-refractivity contribution is 6.46. The molecule has 2 atom stereocenters. The van der Waals surface area contributed by atoms with E-state index in [1.807, 2.05) is 17.7 Å². The summed E-state index contributed by atoms with van der Waals surface area (Å²) in [5, 5.41) is 21.5. The highest BCUT2D eigenvalue weighted by atomic mass is 16.5. The van der Waals surface area contributed by atoms with Gasteiger partial charge in [-0.2, -0.15) is 0 Å². The van der Waals surface area contributed by atoms with Crippen LogP contribution in [0.3, 0.4) is 0 Å². The molecule has 0 saturated carbocycles. The first-order chi connectivity index (χ1) is 17.4. The van der Waals surface area contributed by atoms with Crippen molar-refractivity contribution in [2.75, 3.05) is 13.7 Å². The van der Waals surface area contributed by atoms with Crippen LogP contribution in [-0.2, 0) is 22.6 Å². The first-order valence-corrected chi connectivity index (χ1v) is 11.8. The number of hydrogen-bond donors (Lipinski definition) is 2. The molecule has 2 aliphatic heterocycles. The second kappa shape index (κ2) is 9.41. The number of rotatable bonds is 7. The van der Waals surface area contributed by atoms with Crippen LogP contribution in [-0.4, -0.2) is 56.1 Å². The van der Waals surface area contributed by atoms with Gasteiger partial charge in [-0.25, -0.2) is 4.98 Å². The summed E-state index contributed by atoms with van der Waals surface area (Å²) in [6, 6.07) is 9.08. The van der Waals surface area contributed by atoms with Gasteiger partial charge < -0.3 is 29.2 Å². The second-order valence-corrected chi connectivity index (χ2v) is 9.03. The molecule has 1 saturated heterocycles. The molecular weight excluding hydrogens is 462 g/mol. The van der Waals surface area contributed by atoms with Crippen molar-refractivity contribution in [3.05, 3.63) is 77.4 Å². The third-order valence-electron chi connectivity index (χ3n) is 6.60. The van der Waals surface area contributed by atoms with E-state index in [4.69, 9.17) is 9.47 Å². The van der Waals surface area contributed by atoms with Crippen molar-refractivity contribution in [1.82, 2.24) is 14.5 Å². The van der Waals surface area contributed by atoms with Crippen molar-refractivity contribution in [2.45, 2.75) is 38.5 Å². The molecule has 2 N–H and O–H groups in total. The molecule has 0 aliphatic carbocycles. The van der Waals surface area contributed by atoms with Crippen LogP contribution >= 0.6 is 0 Å². The Labute approximate surface area is 208 Å². The number of Topliss-reactive ketones (excluding diaryl/α,β-unsaturated/α-hetero) is 1. The maximum Gasteiger partial charge on any atom is 0.295 e. The van der Waals surface area contributed by atoms with Gasteiger partial charge in [-0.15, -0.1) is 0 Å². The lowest BCUT2D eigenvalue weighted by Gasteiger charge is -2.26.